The average Bonchev–Trinajstić information content (AvgIpc) is 2.27. The lowest BCUT2D eigenvalue weighted by Crippen LogP contribution is -2.26. The van der Waals surface area contributed by atoms with E-state index >= 15 is 0 Å². The Bertz CT molecular complexity index is 457. The first-order valence-electron chi connectivity index (χ1n) is 5.88. The number of hydrogen-bond acceptors (Lipinski definition) is 3. The molecule has 1 aromatic carbocycles. The van der Waals surface area contributed by atoms with E-state index in [0.29, 0.717) is 24.7 Å². The molecule has 0 aliphatic rings. The van der Waals surface area contributed by atoms with Crippen molar-refractivity contribution in [3.63, 3.8) is 0 Å². The van der Waals surface area contributed by atoms with Gasteiger partial charge in [0, 0.05) is 16.2 Å². The number of benzene rings is 1. The van der Waals surface area contributed by atoms with E-state index in [1.54, 1.807) is 24.3 Å². The second kappa shape index (κ2) is 7.11. The molecule has 0 spiro atoms. The highest BCUT2D eigenvalue weighted by atomic mass is 79.9. The molecule has 0 saturated heterocycles. The van der Waals surface area contributed by atoms with E-state index < -0.39 is 10.0 Å². The Morgan fingerprint density at radius 2 is 1.83 bits per heavy atom. The van der Waals surface area contributed by atoms with Gasteiger partial charge in [0.1, 0.15) is 0 Å². The molecule has 0 saturated carbocycles. The van der Waals surface area contributed by atoms with Crippen molar-refractivity contribution < 1.29 is 8.42 Å². The summed E-state index contributed by atoms with van der Waals surface area (Å²) in [6, 6.07) is 7.45. The van der Waals surface area contributed by atoms with Crippen molar-refractivity contribution in [3.8, 4) is 0 Å². The van der Waals surface area contributed by atoms with Crippen LogP contribution >= 0.6 is 15.9 Å². The maximum atomic E-state index is 11.8. The van der Waals surface area contributed by atoms with Gasteiger partial charge in [-0.2, -0.15) is 0 Å². The van der Waals surface area contributed by atoms with Crippen LogP contribution in [0.1, 0.15) is 20.3 Å². The van der Waals surface area contributed by atoms with Crippen LogP contribution in [0, 0.1) is 0 Å². The third-order valence-electron chi connectivity index (χ3n) is 2.26. The normalized spacial score (nSPS) is 11.8. The third kappa shape index (κ3) is 6.37. The molecule has 0 heterocycles. The number of halogens is 1. The first-order chi connectivity index (χ1) is 8.39. The Balaban J connectivity index is 2.42. The molecular formula is C12H19BrN2O2S. The lowest BCUT2D eigenvalue weighted by Gasteiger charge is -2.10. The maximum Gasteiger partial charge on any atom is 0.232 e. The first kappa shape index (κ1) is 15.5. The molecule has 0 fully saturated rings. The second-order valence-corrected chi connectivity index (χ2v) is 7.15. The number of nitrogens with one attached hydrogen (secondary N) is 2. The molecule has 1 aromatic rings. The standard InChI is InChI=1S/C12H19BrN2O2S/c1-10(2)14-8-3-9-18(16,17)15-12-6-4-11(13)5-7-12/h4-7,10,14-15H,3,8-9H2,1-2H3. The molecule has 0 bridgehead atoms. The molecule has 6 heteroatoms. The van der Waals surface area contributed by atoms with Crippen LogP contribution in [-0.4, -0.2) is 26.8 Å². The van der Waals surface area contributed by atoms with Gasteiger partial charge in [-0.1, -0.05) is 29.8 Å². The number of sulfonamides is 1. The SMILES string of the molecule is CC(C)NCCCS(=O)(=O)Nc1ccc(Br)cc1. The first-order valence-corrected chi connectivity index (χ1v) is 8.33. The van der Waals surface area contributed by atoms with Crippen LogP contribution in [0.5, 0.6) is 0 Å². The Morgan fingerprint density at radius 3 is 2.39 bits per heavy atom. The van der Waals surface area contributed by atoms with E-state index in [9.17, 15) is 8.42 Å². The van der Waals surface area contributed by atoms with Crippen LogP contribution in [0.25, 0.3) is 0 Å². The van der Waals surface area contributed by atoms with Crippen LogP contribution < -0.4 is 10.0 Å². The lowest BCUT2D eigenvalue weighted by atomic mass is 10.3. The predicted octanol–water partition coefficient (Wildman–Crippen LogP) is 2.58. The highest BCUT2D eigenvalue weighted by Gasteiger charge is 2.09. The zero-order chi connectivity index (χ0) is 13.6. The van der Waals surface area contributed by atoms with E-state index in [4.69, 9.17) is 0 Å². The fourth-order valence-electron chi connectivity index (χ4n) is 1.40. The van der Waals surface area contributed by atoms with E-state index in [1.807, 2.05) is 13.8 Å². The third-order valence-corrected chi connectivity index (χ3v) is 4.16. The maximum absolute atomic E-state index is 11.8. The second-order valence-electron chi connectivity index (χ2n) is 4.39. The molecule has 18 heavy (non-hydrogen) atoms. The molecule has 0 amide bonds. The number of anilines is 1. The molecule has 0 aliphatic heterocycles. The van der Waals surface area contributed by atoms with Gasteiger partial charge >= 0.3 is 0 Å². The highest BCUT2D eigenvalue weighted by molar-refractivity contribution is 9.10. The van der Waals surface area contributed by atoms with Crippen molar-refractivity contribution in [2.24, 2.45) is 0 Å². The summed E-state index contributed by atoms with van der Waals surface area (Å²) in [5.74, 6) is 0.128. The summed E-state index contributed by atoms with van der Waals surface area (Å²) >= 11 is 3.30. The Morgan fingerprint density at radius 1 is 1.22 bits per heavy atom. The fourth-order valence-corrected chi connectivity index (χ4v) is 2.79. The Hall–Kier alpha value is -0.590. The van der Waals surface area contributed by atoms with Crippen molar-refractivity contribution in [1.82, 2.24) is 5.32 Å². The fraction of sp³-hybridized carbons (Fsp3) is 0.500. The molecular weight excluding hydrogens is 316 g/mol. The lowest BCUT2D eigenvalue weighted by molar-refractivity contribution is 0.571. The van der Waals surface area contributed by atoms with Gasteiger partial charge in [-0.15, -0.1) is 0 Å². The summed E-state index contributed by atoms with van der Waals surface area (Å²) in [6.45, 7) is 4.78. The summed E-state index contributed by atoms with van der Waals surface area (Å²) in [4.78, 5) is 0. The van der Waals surface area contributed by atoms with Gasteiger partial charge in [0.05, 0.1) is 5.75 Å². The monoisotopic (exact) mass is 334 g/mol. The summed E-state index contributed by atoms with van der Waals surface area (Å²) in [7, 11) is -3.25. The molecule has 0 unspecified atom stereocenters. The van der Waals surface area contributed by atoms with Crippen LogP contribution in [0.15, 0.2) is 28.7 Å². The van der Waals surface area contributed by atoms with Gasteiger partial charge in [-0.3, -0.25) is 4.72 Å². The zero-order valence-electron chi connectivity index (χ0n) is 10.6. The molecule has 0 aliphatic carbocycles. The van der Waals surface area contributed by atoms with Crippen molar-refractivity contribution >= 4 is 31.6 Å². The molecule has 102 valence electrons. The molecule has 0 atom stereocenters. The van der Waals surface area contributed by atoms with Gasteiger partial charge in [-0.05, 0) is 37.2 Å². The van der Waals surface area contributed by atoms with Gasteiger partial charge < -0.3 is 5.32 Å². The largest absolute Gasteiger partial charge is 0.314 e. The number of rotatable bonds is 7. The Kier molecular flexibility index (Phi) is 6.11. The molecule has 2 N–H and O–H groups in total. The van der Waals surface area contributed by atoms with Crippen LogP contribution in [0.3, 0.4) is 0 Å². The van der Waals surface area contributed by atoms with Crippen molar-refractivity contribution in [3.05, 3.63) is 28.7 Å². The molecule has 1 rings (SSSR count). The van der Waals surface area contributed by atoms with E-state index in [0.717, 1.165) is 4.47 Å². The van der Waals surface area contributed by atoms with Crippen molar-refractivity contribution in [2.75, 3.05) is 17.0 Å². The minimum atomic E-state index is -3.25. The van der Waals surface area contributed by atoms with Crippen LogP contribution in [0.2, 0.25) is 0 Å². The van der Waals surface area contributed by atoms with Gasteiger partial charge in [0.15, 0.2) is 0 Å². The molecule has 0 radical (unpaired) electrons. The van der Waals surface area contributed by atoms with Crippen molar-refractivity contribution in [2.45, 2.75) is 26.3 Å². The quantitative estimate of drug-likeness (QED) is 0.753. The molecule has 4 nitrogen and oxygen atoms in total. The number of hydrogen-bond donors (Lipinski definition) is 2. The smallest absolute Gasteiger partial charge is 0.232 e. The van der Waals surface area contributed by atoms with Gasteiger partial charge in [-0.25, -0.2) is 8.42 Å². The van der Waals surface area contributed by atoms with Crippen molar-refractivity contribution in [1.29, 1.82) is 0 Å². The van der Waals surface area contributed by atoms with E-state index in [1.165, 1.54) is 0 Å². The summed E-state index contributed by atoms with van der Waals surface area (Å²) < 4.78 is 27.0. The van der Waals surface area contributed by atoms with E-state index in [-0.39, 0.29) is 5.75 Å². The molecule has 0 aromatic heterocycles. The summed E-state index contributed by atoms with van der Waals surface area (Å²) in [6.07, 6.45) is 0.601. The van der Waals surface area contributed by atoms with Gasteiger partial charge in [0.2, 0.25) is 10.0 Å². The predicted molar refractivity (Wildman–Crippen MR) is 79.3 cm³/mol. The van der Waals surface area contributed by atoms with E-state index in [2.05, 4.69) is 26.0 Å². The minimum absolute atomic E-state index is 0.128. The Labute approximate surface area is 117 Å². The zero-order valence-corrected chi connectivity index (χ0v) is 13.0. The summed E-state index contributed by atoms with van der Waals surface area (Å²) in [5, 5.41) is 3.19. The van der Waals surface area contributed by atoms with Crippen LogP contribution in [-0.2, 0) is 10.0 Å². The average molecular weight is 335 g/mol. The topological polar surface area (TPSA) is 58.2 Å². The minimum Gasteiger partial charge on any atom is -0.314 e. The van der Waals surface area contributed by atoms with Gasteiger partial charge in [0.25, 0.3) is 0 Å². The summed E-state index contributed by atoms with van der Waals surface area (Å²) in [5.41, 5.74) is 0.593. The highest BCUT2D eigenvalue weighted by Crippen LogP contribution is 2.15. The van der Waals surface area contributed by atoms with Crippen LogP contribution in [0.4, 0.5) is 5.69 Å².